The van der Waals surface area contributed by atoms with Gasteiger partial charge in [-0.2, -0.15) is 0 Å². The topological polar surface area (TPSA) is 49.4 Å². The molecule has 0 aliphatic carbocycles. The molecule has 0 saturated carbocycles. The van der Waals surface area contributed by atoms with Crippen LogP contribution in [-0.2, 0) is 9.59 Å². The number of amides is 2. The maximum absolute atomic E-state index is 11.3. The van der Waals surface area contributed by atoms with Gasteiger partial charge in [0.2, 0.25) is 11.8 Å². The molecule has 1 N–H and O–H groups in total. The van der Waals surface area contributed by atoms with Gasteiger partial charge >= 0.3 is 0 Å². The van der Waals surface area contributed by atoms with E-state index in [-0.39, 0.29) is 17.9 Å². The fraction of sp³-hybridized carbons (Fsp3) is 0.600. The van der Waals surface area contributed by atoms with Crippen LogP contribution in [0, 0.1) is 0 Å². The number of hydrogen-bond acceptors (Lipinski definition) is 2. The summed E-state index contributed by atoms with van der Waals surface area (Å²) in [6, 6.07) is -0.0251. The maximum atomic E-state index is 11.3. The molecule has 0 bridgehead atoms. The fourth-order valence-electron chi connectivity index (χ4n) is 1.37. The van der Waals surface area contributed by atoms with Gasteiger partial charge in [0.25, 0.3) is 0 Å². The van der Waals surface area contributed by atoms with E-state index in [0.29, 0.717) is 18.5 Å². The highest BCUT2D eigenvalue weighted by Gasteiger charge is 2.24. The standard InChI is InChI=1S/C10H16N2O2/c1-7(2)10(14)11-8-4-5-12(3)9(13)6-8/h8H,1,4-6H2,2-3H3,(H,11,14). The normalized spacial score (nSPS) is 22.0. The van der Waals surface area contributed by atoms with Crippen molar-refractivity contribution in [3.05, 3.63) is 12.2 Å². The van der Waals surface area contributed by atoms with Crippen LogP contribution < -0.4 is 5.32 Å². The molecule has 1 heterocycles. The Hall–Kier alpha value is -1.32. The highest BCUT2D eigenvalue weighted by molar-refractivity contribution is 5.92. The molecule has 0 aromatic heterocycles. The minimum atomic E-state index is -0.160. The second-order valence-electron chi connectivity index (χ2n) is 3.76. The second kappa shape index (κ2) is 4.26. The highest BCUT2D eigenvalue weighted by Crippen LogP contribution is 2.10. The lowest BCUT2D eigenvalue weighted by atomic mass is 10.0. The molecule has 4 heteroatoms. The number of likely N-dealkylation sites (tertiary alicyclic amines) is 1. The van der Waals surface area contributed by atoms with Crippen molar-refractivity contribution < 1.29 is 9.59 Å². The number of rotatable bonds is 2. The Morgan fingerprint density at radius 2 is 2.29 bits per heavy atom. The van der Waals surface area contributed by atoms with Crippen molar-refractivity contribution >= 4 is 11.8 Å². The molecule has 1 atom stereocenters. The molecule has 0 spiro atoms. The second-order valence-corrected chi connectivity index (χ2v) is 3.76. The third kappa shape index (κ3) is 2.58. The molecule has 1 aliphatic rings. The Bertz CT molecular complexity index is 273. The van der Waals surface area contributed by atoms with Crippen LogP contribution in [0.5, 0.6) is 0 Å². The van der Waals surface area contributed by atoms with E-state index in [0.717, 1.165) is 6.42 Å². The molecule has 1 fully saturated rings. The summed E-state index contributed by atoms with van der Waals surface area (Å²) in [5, 5.41) is 2.78. The zero-order valence-corrected chi connectivity index (χ0v) is 8.67. The van der Waals surface area contributed by atoms with E-state index in [1.54, 1.807) is 18.9 Å². The van der Waals surface area contributed by atoms with E-state index >= 15 is 0 Å². The van der Waals surface area contributed by atoms with Crippen LogP contribution in [0.25, 0.3) is 0 Å². The molecule has 1 aliphatic heterocycles. The van der Waals surface area contributed by atoms with Crippen molar-refractivity contribution in [3.63, 3.8) is 0 Å². The lowest BCUT2D eigenvalue weighted by Crippen LogP contribution is -2.46. The SMILES string of the molecule is C=C(C)C(=O)NC1CCN(C)C(=O)C1. The molecule has 78 valence electrons. The van der Waals surface area contributed by atoms with E-state index in [9.17, 15) is 9.59 Å². The van der Waals surface area contributed by atoms with Crippen LogP contribution in [0.15, 0.2) is 12.2 Å². The van der Waals surface area contributed by atoms with E-state index in [4.69, 9.17) is 0 Å². The van der Waals surface area contributed by atoms with Crippen molar-refractivity contribution in [1.82, 2.24) is 10.2 Å². The van der Waals surface area contributed by atoms with Crippen LogP contribution in [0.4, 0.5) is 0 Å². The van der Waals surface area contributed by atoms with Crippen LogP contribution in [0.1, 0.15) is 19.8 Å². The third-order valence-electron chi connectivity index (χ3n) is 2.38. The van der Waals surface area contributed by atoms with Gasteiger partial charge in [-0.25, -0.2) is 0 Å². The van der Waals surface area contributed by atoms with Crippen LogP contribution in [-0.4, -0.2) is 36.3 Å². The predicted molar refractivity (Wildman–Crippen MR) is 53.6 cm³/mol. The molecule has 14 heavy (non-hydrogen) atoms. The Balaban J connectivity index is 2.44. The summed E-state index contributed by atoms with van der Waals surface area (Å²) in [6.45, 7) is 5.91. The maximum Gasteiger partial charge on any atom is 0.246 e. The first-order valence-corrected chi connectivity index (χ1v) is 4.71. The largest absolute Gasteiger partial charge is 0.349 e. The first-order valence-electron chi connectivity index (χ1n) is 4.71. The summed E-state index contributed by atoms with van der Waals surface area (Å²) in [5.41, 5.74) is 0.483. The number of piperidine rings is 1. The van der Waals surface area contributed by atoms with Crippen molar-refractivity contribution in [2.45, 2.75) is 25.8 Å². The first kappa shape index (κ1) is 10.8. The van der Waals surface area contributed by atoms with Gasteiger partial charge in [0.05, 0.1) is 0 Å². The molecular formula is C10H16N2O2. The van der Waals surface area contributed by atoms with E-state index in [1.165, 1.54) is 0 Å². The van der Waals surface area contributed by atoms with Gasteiger partial charge in [0, 0.05) is 31.6 Å². The van der Waals surface area contributed by atoms with Crippen molar-refractivity contribution in [1.29, 1.82) is 0 Å². The molecule has 1 saturated heterocycles. The van der Waals surface area contributed by atoms with Crippen LogP contribution in [0.2, 0.25) is 0 Å². The number of hydrogen-bond donors (Lipinski definition) is 1. The summed E-state index contributed by atoms with van der Waals surface area (Å²) in [4.78, 5) is 24.3. The number of carbonyl (C=O) groups excluding carboxylic acids is 2. The van der Waals surface area contributed by atoms with Crippen molar-refractivity contribution in [2.24, 2.45) is 0 Å². The average molecular weight is 196 g/mol. The van der Waals surface area contributed by atoms with Gasteiger partial charge in [-0.3, -0.25) is 9.59 Å². The van der Waals surface area contributed by atoms with Gasteiger partial charge in [0.15, 0.2) is 0 Å². The minimum Gasteiger partial charge on any atom is -0.349 e. The predicted octanol–water partition coefficient (Wildman–Crippen LogP) is 0.299. The zero-order chi connectivity index (χ0) is 10.7. The van der Waals surface area contributed by atoms with Crippen LogP contribution in [0.3, 0.4) is 0 Å². The number of carbonyl (C=O) groups is 2. The van der Waals surface area contributed by atoms with E-state index < -0.39 is 0 Å². The molecule has 0 aromatic carbocycles. The molecule has 0 radical (unpaired) electrons. The van der Waals surface area contributed by atoms with Gasteiger partial charge in [-0.15, -0.1) is 0 Å². The first-order chi connectivity index (χ1) is 6.50. The van der Waals surface area contributed by atoms with Gasteiger partial charge < -0.3 is 10.2 Å². The summed E-state index contributed by atoms with van der Waals surface area (Å²) in [5.74, 6) is -0.0735. The Kier molecular flexibility index (Phi) is 3.28. The lowest BCUT2D eigenvalue weighted by molar-refractivity contribution is -0.133. The quantitative estimate of drug-likeness (QED) is 0.646. The summed E-state index contributed by atoms with van der Waals surface area (Å²) in [6.07, 6.45) is 1.22. The molecule has 4 nitrogen and oxygen atoms in total. The minimum absolute atomic E-state index is 0.0251. The van der Waals surface area contributed by atoms with E-state index in [2.05, 4.69) is 11.9 Å². The highest BCUT2D eigenvalue weighted by atomic mass is 16.2. The molecule has 1 rings (SSSR count). The van der Waals surface area contributed by atoms with Crippen molar-refractivity contribution in [2.75, 3.05) is 13.6 Å². The fourth-order valence-corrected chi connectivity index (χ4v) is 1.37. The molecule has 2 amide bonds. The van der Waals surface area contributed by atoms with E-state index in [1.807, 2.05) is 0 Å². The van der Waals surface area contributed by atoms with Crippen LogP contribution >= 0.6 is 0 Å². The molecular weight excluding hydrogens is 180 g/mol. The van der Waals surface area contributed by atoms with Gasteiger partial charge in [-0.05, 0) is 13.3 Å². The molecule has 1 unspecified atom stereocenters. The summed E-state index contributed by atoms with van der Waals surface area (Å²) < 4.78 is 0. The number of nitrogens with zero attached hydrogens (tertiary/aromatic N) is 1. The summed E-state index contributed by atoms with van der Waals surface area (Å²) in [7, 11) is 1.78. The monoisotopic (exact) mass is 196 g/mol. The molecule has 0 aromatic rings. The smallest absolute Gasteiger partial charge is 0.246 e. The third-order valence-corrected chi connectivity index (χ3v) is 2.38. The summed E-state index contributed by atoms with van der Waals surface area (Å²) >= 11 is 0. The number of nitrogens with one attached hydrogen (secondary N) is 1. The Morgan fingerprint density at radius 1 is 1.64 bits per heavy atom. The van der Waals surface area contributed by atoms with Gasteiger partial charge in [-0.1, -0.05) is 6.58 Å². The lowest BCUT2D eigenvalue weighted by Gasteiger charge is -2.29. The average Bonchev–Trinajstić information content (AvgIpc) is 2.11. The van der Waals surface area contributed by atoms with Crippen molar-refractivity contribution in [3.8, 4) is 0 Å². The Morgan fingerprint density at radius 3 is 2.79 bits per heavy atom. The Labute approximate surface area is 84.0 Å². The zero-order valence-electron chi connectivity index (χ0n) is 8.67. The van der Waals surface area contributed by atoms with Gasteiger partial charge in [0.1, 0.15) is 0 Å².